The molecule has 2 aromatic carbocycles. The van der Waals surface area contributed by atoms with Crippen LogP contribution in [0.25, 0.3) is 0 Å². The first-order valence-electron chi connectivity index (χ1n) is 8.76. The van der Waals surface area contributed by atoms with Crippen LogP contribution in [0.15, 0.2) is 53.4 Å². The van der Waals surface area contributed by atoms with Crippen LogP contribution in [0, 0.1) is 0 Å². The number of nitrogens with zero attached hydrogens (tertiary/aromatic N) is 2. The molecule has 0 atom stereocenters. The first-order valence-corrected chi connectivity index (χ1v) is 10.2. The summed E-state index contributed by atoms with van der Waals surface area (Å²) in [6, 6.07) is 13.9. The number of benzene rings is 2. The van der Waals surface area contributed by atoms with Crippen LogP contribution in [0.5, 0.6) is 5.75 Å². The van der Waals surface area contributed by atoms with Crippen molar-refractivity contribution in [2.45, 2.75) is 11.8 Å². The monoisotopic (exact) mass is 375 g/mol. The van der Waals surface area contributed by atoms with Gasteiger partial charge in [-0.3, -0.25) is 4.72 Å². The van der Waals surface area contributed by atoms with Gasteiger partial charge in [-0.1, -0.05) is 19.1 Å². The van der Waals surface area contributed by atoms with Crippen LogP contribution in [0.4, 0.5) is 11.4 Å². The topological polar surface area (TPSA) is 61.9 Å². The molecule has 0 spiro atoms. The molecule has 26 heavy (non-hydrogen) atoms. The van der Waals surface area contributed by atoms with Crippen LogP contribution in [0.1, 0.15) is 6.92 Å². The Morgan fingerprint density at radius 2 is 1.65 bits per heavy atom. The Hall–Kier alpha value is -2.25. The van der Waals surface area contributed by atoms with E-state index in [4.69, 9.17) is 4.74 Å². The van der Waals surface area contributed by atoms with Crippen molar-refractivity contribution in [1.29, 1.82) is 0 Å². The minimum Gasteiger partial charge on any atom is -0.497 e. The van der Waals surface area contributed by atoms with E-state index < -0.39 is 10.0 Å². The van der Waals surface area contributed by atoms with Gasteiger partial charge in [0.2, 0.25) is 0 Å². The number of methoxy groups -OCH3 is 1. The van der Waals surface area contributed by atoms with Gasteiger partial charge >= 0.3 is 0 Å². The third-order valence-electron chi connectivity index (χ3n) is 4.68. The molecule has 1 heterocycles. The zero-order valence-electron chi connectivity index (χ0n) is 15.2. The number of rotatable bonds is 6. The molecule has 1 N–H and O–H groups in total. The van der Waals surface area contributed by atoms with E-state index in [2.05, 4.69) is 21.4 Å². The molecule has 7 heteroatoms. The summed E-state index contributed by atoms with van der Waals surface area (Å²) < 4.78 is 33.3. The zero-order chi connectivity index (χ0) is 18.6. The molecule has 140 valence electrons. The second kappa shape index (κ2) is 7.97. The van der Waals surface area contributed by atoms with Gasteiger partial charge in [-0.25, -0.2) is 8.42 Å². The lowest BCUT2D eigenvalue weighted by atomic mass is 10.2. The summed E-state index contributed by atoms with van der Waals surface area (Å²) >= 11 is 0. The predicted octanol–water partition coefficient (Wildman–Crippen LogP) is 2.64. The SMILES string of the molecule is CCN1CCN(c2ccccc2NS(=O)(=O)c2ccc(OC)cc2)CC1. The fraction of sp³-hybridized carbons (Fsp3) is 0.368. The Morgan fingerprint density at radius 3 is 2.27 bits per heavy atom. The van der Waals surface area contributed by atoms with Crippen molar-refractivity contribution in [2.24, 2.45) is 0 Å². The number of piperazine rings is 1. The Kier molecular flexibility index (Phi) is 5.68. The van der Waals surface area contributed by atoms with E-state index in [0.717, 1.165) is 38.4 Å². The highest BCUT2D eigenvalue weighted by Gasteiger charge is 2.21. The molecule has 2 aromatic rings. The lowest BCUT2D eigenvalue weighted by Crippen LogP contribution is -2.46. The molecule has 6 nitrogen and oxygen atoms in total. The van der Waals surface area contributed by atoms with E-state index in [0.29, 0.717) is 11.4 Å². The summed E-state index contributed by atoms with van der Waals surface area (Å²) in [4.78, 5) is 4.84. The van der Waals surface area contributed by atoms with Crippen molar-refractivity contribution in [3.8, 4) is 5.75 Å². The molecular weight excluding hydrogens is 350 g/mol. The molecular formula is C19H25N3O3S. The third kappa shape index (κ3) is 4.11. The third-order valence-corrected chi connectivity index (χ3v) is 6.06. The molecule has 1 aliphatic rings. The van der Waals surface area contributed by atoms with E-state index in [1.807, 2.05) is 24.3 Å². The molecule has 0 amide bonds. The number of para-hydroxylation sites is 2. The molecule has 0 unspecified atom stereocenters. The largest absolute Gasteiger partial charge is 0.497 e. The van der Waals surface area contributed by atoms with Crippen LogP contribution in [-0.2, 0) is 10.0 Å². The van der Waals surface area contributed by atoms with E-state index in [1.165, 1.54) is 0 Å². The maximum atomic E-state index is 12.8. The lowest BCUT2D eigenvalue weighted by molar-refractivity contribution is 0.271. The number of hydrogen-bond donors (Lipinski definition) is 1. The van der Waals surface area contributed by atoms with Gasteiger partial charge in [0.05, 0.1) is 23.4 Å². The number of likely N-dealkylation sites (N-methyl/N-ethyl adjacent to an activating group) is 1. The number of sulfonamides is 1. The van der Waals surface area contributed by atoms with Gasteiger partial charge in [-0.2, -0.15) is 0 Å². The Bertz CT molecular complexity index is 829. The number of ether oxygens (including phenoxy) is 1. The van der Waals surface area contributed by atoms with Crippen molar-refractivity contribution in [2.75, 3.05) is 49.5 Å². The van der Waals surface area contributed by atoms with Crippen molar-refractivity contribution >= 4 is 21.4 Å². The molecule has 0 radical (unpaired) electrons. The highest BCUT2D eigenvalue weighted by atomic mass is 32.2. The smallest absolute Gasteiger partial charge is 0.261 e. The molecule has 0 bridgehead atoms. The molecule has 3 rings (SSSR count). The van der Waals surface area contributed by atoms with Crippen LogP contribution >= 0.6 is 0 Å². The molecule has 1 saturated heterocycles. The summed E-state index contributed by atoms with van der Waals surface area (Å²) in [6.07, 6.45) is 0. The maximum Gasteiger partial charge on any atom is 0.261 e. The first-order chi connectivity index (χ1) is 12.5. The van der Waals surface area contributed by atoms with Gasteiger partial charge in [-0.15, -0.1) is 0 Å². The van der Waals surface area contributed by atoms with Crippen molar-refractivity contribution in [3.63, 3.8) is 0 Å². The summed E-state index contributed by atoms with van der Waals surface area (Å²) in [5, 5.41) is 0. The van der Waals surface area contributed by atoms with Crippen LogP contribution in [0.3, 0.4) is 0 Å². The molecule has 1 aliphatic heterocycles. The van der Waals surface area contributed by atoms with Crippen molar-refractivity contribution < 1.29 is 13.2 Å². The Morgan fingerprint density at radius 1 is 1.00 bits per heavy atom. The fourth-order valence-electron chi connectivity index (χ4n) is 3.10. The van der Waals surface area contributed by atoms with Gasteiger partial charge in [-0.05, 0) is 42.9 Å². The molecule has 1 fully saturated rings. The summed E-state index contributed by atoms with van der Waals surface area (Å²) in [5.74, 6) is 0.623. The van der Waals surface area contributed by atoms with Crippen molar-refractivity contribution in [1.82, 2.24) is 4.90 Å². The molecule has 0 aliphatic carbocycles. The van der Waals surface area contributed by atoms with E-state index >= 15 is 0 Å². The van der Waals surface area contributed by atoms with E-state index in [1.54, 1.807) is 31.4 Å². The quantitative estimate of drug-likeness (QED) is 0.841. The van der Waals surface area contributed by atoms with Gasteiger partial charge in [0.1, 0.15) is 5.75 Å². The fourth-order valence-corrected chi connectivity index (χ4v) is 4.17. The second-order valence-electron chi connectivity index (χ2n) is 6.22. The van der Waals surface area contributed by atoms with Crippen LogP contribution < -0.4 is 14.4 Å². The maximum absolute atomic E-state index is 12.8. The van der Waals surface area contributed by atoms with Gasteiger partial charge in [0.25, 0.3) is 10.0 Å². The summed E-state index contributed by atoms with van der Waals surface area (Å²) in [6.45, 7) is 6.93. The summed E-state index contributed by atoms with van der Waals surface area (Å²) in [7, 11) is -2.11. The minimum atomic E-state index is -3.66. The first kappa shape index (κ1) is 18.5. The average Bonchev–Trinajstić information content (AvgIpc) is 2.68. The number of anilines is 2. The van der Waals surface area contributed by atoms with Gasteiger partial charge in [0, 0.05) is 26.2 Å². The number of hydrogen-bond acceptors (Lipinski definition) is 5. The molecule has 0 aromatic heterocycles. The minimum absolute atomic E-state index is 0.212. The highest BCUT2D eigenvalue weighted by molar-refractivity contribution is 7.92. The highest BCUT2D eigenvalue weighted by Crippen LogP contribution is 2.29. The summed E-state index contributed by atoms with van der Waals surface area (Å²) in [5.41, 5.74) is 1.52. The predicted molar refractivity (Wildman–Crippen MR) is 105 cm³/mol. The average molecular weight is 375 g/mol. The number of nitrogens with one attached hydrogen (secondary N) is 1. The Balaban J connectivity index is 1.81. The van der Waals surface area contributed by atoms with Gasteiger partial charge < -0.3 is 14.5 Å². The standard InChI is InChI=1S/C19H25N3O3S/c1-3-21-12-14-22(15-13-21)19-7-5-4-6-18(19)20-26(23,24)17-10-8-16(25-2)9-11-17/h4-11,20H,3,12-15H2,1-2H3. The van der Waals surface area contributed by atoms with Crippen molar-refractivity contribution in [3.05, 3.63) is 48.5 Å². The molecule has 0 saturated carbocycles. The van der Waals surface area contributed by atoms with Gasteiger partial charge in [0.15, 0.2) is 0 Å². The Labute approximate surface area is 155 Å². The van der Waals surface area contributed by atoms with Crippen LogP contribution in [0.2, 0.25) is 0 Å². The zero-order valence-corrected chi connectivity index (χ0v) is 16.0. The van der Waals surface area contributed by atoms with E-state index in [-0.39, 0.29) is 4.90 Å². The second-order valence-corrected chi connectivity index (χ2v) is 7.90. The van der Waals surface area contributed by atoms with E-state index in [9.17, 15) is 8.42 Å². The van der Waals surface area contributed by atoms with Crippen LogP contribution in [-0.4, -0.2) is 53.2 Å². The normalized spacial score (nSPS) is 15.7. The lowest BCUT2D eigenvalue weighted by Gasteiger charge is -2.36.